The van der Waals surface area contributed by atoms with E-state index in [1.165, 1.54) is 6.26 Å². The molecule has 0 aliphatic rings. The molecule has 31 heavy (non-hydrogen) atoms. The first-order valence-corrected chi connectivity index (χ1v) is 15.6. The Morgan fingerprint density at radius 2 is 1.77 bits per heavy atom. The molecule has 0 radical (unpaired) electrons. The second kappa shape index (κ2) is 8.90. The molecule has 1 aromatic carbocycles. The predicted molar refractivity (Wildman–Crippen MR) is 134 cm³/mol. The lowest BCUT2D eigenvalue weighted by Gasteiger charge is -2.34. The zero-order valence-corrected chi connectivity index (χ0v) is 22.1. The van der Waals surface area contributed by atoms with Crippen LogP contribution in [0.25, 0.3) is 17.1 Å². The van der Waals surface area contributed by atoms with Gasteiger partial charge in [0.05, 0.1) is 28.7 Å². The van der Waals surface area contributed by atoms with Crippen LogP contribution in [0.15, 0.2) is 24.5 Å². The van der Waals surface area contributed by atoms with Gasteiger partial charge in [0.25, 0.3) is 0 Å². The molecule has 1 aromatic heterocycles. The lowest BCUT2D eigenvalue weighted by molar-refractivity contribution is 0.433. The number of hydrogen-bond acceptors (Lipinski definition) is 6. The van der Waals surface area contributed by atoms with Crippen LogP contribution in [0.2, 0.25) is 18.1 Å². The molecular weight excluding hydrogens is 426 g/mol. The van der Waals surface area contributed by atoms with Crippen LogP contribution >= 0.6 is 0 Å². The van der Waals surface area contributed by atoms with Crippen molar-refractivity contribution in [1.82, 2.24) is 9.97 Å². The molecule has 2 rings (SSSR count). The molecular formula is C23H37N3O3SSi. The van der Waals surface area contributed by atoms with Crippen LogP contribution in [0.4, 0.5) is 5.82 Å². The van der Waals surface area contributed by atoms with Gasteiger partial charge in [-0.3, -0.25) is 0 Å². The number of fused-ring (bicyclic) bond motifs is 1. The monoisotopic (exact) mass is 463 g/mol. The van der Waals surface area contributed by atoms with Gasteiger partial charge in [-0.15, -0.1) is 0 Å². The van der Waals surface area contributed by atoms with Crippen LogP contribution in [0.5, 0.6) is 0 Å². The van der Waals surface area contributed by atoms with Crippen molar-refractivity contribution in [2.45, 2.75) is 71.6 Å². The Morgan fingerprint density at radius 1 is 1.13 bits per heavy atom. The number of aromatic nitrogens is 2. The number of nitrogens with one attached hydrogen (secondary N) is 1. The molecule has 2 aromatic rings. The number of sulfone groups is 1. The van der Waals surface area contributed by atoms with Gasteiger partial charge in [-0.05, 0) is 57.5 Å². The average molecular weight is 464 g/mol. The second-order valence-electron chi connectivity index (χ2n) is 10.4. The highest BCUT2D eigenvalue weighted by atomic mass is 32.2. The van der Waals surface area contributed by atoms with E-state index in [1.54, 1.807) is 6.26 Å². The van der Waals surface area contributed by atoms with Gasteiger partial charge in [0.15, 0.2) is 0 Å². The molecule has 0 spiro atoms. The summed E-state index contributed by atoms with van der Waals surface area (Å²) >= 11 is 0. The van der Waals surface area contributed by atoms with Crippen molar-refractivity contribution in [3.05, 3.63) is 35.7 Å². The molecule has 0 fully saturated rings. The van der Waals surface area contributed by atoms with Crippen molar-refractivity contribution in [3.8, 4) is 0 Å². The number of anilines is 1. The van der Waals surface area contributed by atoms with Crippen molar-refractivity contribution in [1.29, 1.82) is 0 Å². The van der Waals surface area contributed by atoms with Crippen LogP contribution in [0.1, 0.15) is 52.3 Å². The van der Waals surface area contributed by atoms with Crippen LogP contribution in [-0.2, 0) is 14.3 Å². The summed E-state index contributed by atoms with van der Waals surface area (Å²) < 4.78 is 29.3. The molecule has 8 heteroatoms. The Bertz CT molecular complexity index is 1070. The number of hydrogen-bond donors (Lipinski definition) is 1. The molecule has 6 nitrogen and oxygen atoms in total. The van der Waals surface area contributed by atoms with Gasteiger partial charge in [0.1, 0.15) is 15.7 Å². The smallest absolute Gasteiger partial charge is 0.249 e. The normalized spacial score (nSPS) is 13.7. The van der Waals surface area contributed by atoms with Crippen LogP contribution in [0.3, 0.4) is 0 Å². The quantitative estimate of drug-likeness (QED) is 0.408. The fraction of sp³-hybridized carbons (Fsp3) is 0.565. The van der Waals surface area contributed by atoms with E-state index in [0.29, 0.717) is 12.2 Å². The third-order valence-corrected chi connectivity index (χ3v) is 11.2. The van der Waals surface area contributed by atoms with Gasteiger partial charge in [0, 0.05) is 17.4 Å². The third kappa shape index (κ3) is 7.03. The zero-order valence-electron chi connectivity index (χ0n) is 20.3. The summed E-state index contributed by atoms with van der Waals surface area (Å²) in [4.78, 5) is 9.57. The Kier molecular flexibility index (Phi) is 7.27. The first-order chi connectivity index (χ1) is 14.0. The van der Waals surface area contributed by atoms with Crippen molar-refractivity contribution < 1.29 is 12.8 Å². The molecule has 0 saturated carbocycles. The first-order valence-electron chi connectivity index (χ1n) is 10.6. The van der Waals surface area contributed by atoms with E-state index in [1.807, 2.05) is 45.0 Å². The molecule has 0 atom stereocenters. The van der Waals surface area contributed by atoms with Crippen LogP contribution < -0.4 is 5.32 Å². The van der Waals surface area contributed by atoms with Crippen molar-refractivity contribution in [2.75, 3.05) is 17.3 Å². The summed E-state index contributed by atoms with van der Waals surface area (Å²) in [5, 5.41) is 3.52. The SMILES string of the molecule is Cc1nc2cccc(C=CO[Si](C)(C)C(C)(C)C)c2nc1NC(C)(C)CCS(C)(=O)=O. The minimum atomic E-state index is -3.03. The van der Waals surface area contributed by atoms with Gasteiger partial charge in [-0.2, -0.15) is 0 Å². The van der Waals surface area contributed by atoms with E-state index in [-0.39, 0.29) is 10.8 Å². The summed E-state index contributed by atoms with van der Waals surface area (Å²) in [5.74, 6) is 0.781. The number of rotatable bonds is 8. The highest BCUT2D eigenvalue weighted by molar-refractivity contribution is 7.90. The lowest BCUT2D eigenvalue weighted by atomic mass is 10.0. The molecule has 0 aliphatic heterocycles. The zero-order chi connectivity index (χ0) is 23.7. The Labute approximate surface area is 188 Å². The summed E-state index contributed by atoms with van der Waals surface area (Å²) in [7, 11) is -4.92. The number of nitrogens with zero attached hydrogens (tertiary/aromatic N) is 2. The highest BCUT2D eigenvalue weighted by Gasteiger charge is 2.37. The van der Waals surface area contributed by atoms with E-state index in [2.05, 4.69) is 39.2 Å². The third-order valence-electron chi connectivity index (χ3n) is 5.87. The molecule has 0 aliphatic carbocycles. The summed E-state index contributed by atoms with van der Waals surface area (Å²) in [6.07, 6.45) is 5.48. The van der Waals surface area contributed by atoms with E-state index in [0.717, 1.165) is 22.3 Å². The van der Waals surface area contributed by atoms with Crippen molar-refractivity contribution in [3.63, 3.8) is 0 Å². The Morgan fingerprint density at radius 3 is 2.35 bits per heavy atom. The summed E-state index contributed by atoms with van der Waals surface area (Å²) in [5.41, 5.74) is 2.86. The number of benzene rings is 1. The van der Waals surface area contributed by atoms with Gasteiger partial charge in [-0.25, -0.2) is 18.4 Å². The van der Waals surface area contributed by atoms with E-state index in [4.69, 9.17) is 14.4 Å². The Balaban J connectivity index is 2.34. The first kappa shape index (κ1) is 25.3. The number of aryl methyl sites for hydroxylation is 1. The summed E-state index contributed by atoms with van der Waals surface area (Å²) in [6, 6.07) is 5.90. The van der Waals surface area contributed by atoms with Crippen LogP contribution in [0, 0.1) is 6.92 Å². The minimum absolute atomic E-state index is 0.117. The minimum Gasteiger partial charge on any atom is -0.549 e. The van der Waals surface area contributed by atoms with Gasteiger partial charge >= 0.3 is 0 Å². The fourth-order valence-electron chi connectivity index (χ4n) is 2.72. The van der Waals surface area contributed by atoms with E-state index < -0.39 is 23.7 Å². The van der Waals surface area contributed by atoms with Crippen molar-refractivity contribution >= 4 is 41.1 Å². The van der Waals surface area contributed by atoms with E-state index >= 15 is 0 Å². The van der Waals surface area contributed by atoms with Gasteiger partial charge in [-0.1, -0.05) is 32.9 Å². The lowest BCUT2D eigenvalue weighted by Crippen LogP contribution is -2.39. The van der Waals surface area contributed by atoms with Gasteiger partial charge in [0.2, 0.25) is 8.32 Å². The van der Waals surface area contributed by atoms with Crippen LogP contribution in [-0.4, -0.2) is 44.3 Å². The van der Waals surface area contributed by atoms with Gasteiger partial charge < -0.3 is 9.74 Å². The topological polar surface area (TPSA) is 81.2 Å². The largest absolute Gasteiger partial charge is 0.549 e. The maximum atomic E-state index is 11.6. The predicted octanol–water partition coefficient (Wildman–Crippen LogP) is 5.56. The molecule has 0 bridgehead atoms. The molecule has 1 N–H and O–H groups in total. The molecule has 0 saturated heterocycles. The molecule has 172 valence electrons. The second-order valence-corrected chi connectivity index (χ2v) is 17.5. The van der Waals surface area contributed by atoms with E-state index in [9.17, 15) is 8.42 Å². The number of para-hydroxylation sites is 1. The Hall–Kier alpha value is -1.93. The fourth-order valence-corrected chi connectivity index (χ4v) is 4.36. The summed E-state index contributed by atoms with van der Waals surface area (Å²) in [6.45, 7) is 16.9. The maximum Gasteiger partial charge on any atom is 0.249 e. The maximum absolute atomic E-state index is 11.6. The molecule has 0 amide bonds. The highest BCUT2D eigenvalue weighted by Crippen LogP contribution is 2.36. The molecule has 0 unspecified atom stereocenters. The average Bonchev–Trinajstić information content (AvgIpc) is 2.59. The standard InChI is InChI=1S/C23H37N3O3SSi/c1-17-21(26-23(5,6)14-16-30(7,27)28)25-20-18(11-10-12-19(20)24-17)13-15-29-31(8,9)22(2,3)4/h10-13,15H,14,16H2,1-9H3,(H,25,26). The molecule has 1 heterocycles. The van der Waals surface area contributed by atoms with Crippen molar-refractivity contribution in [2.24, 2.45) is 0 Å².